The number of rotatable bonds is 12. The number of methoxy groups -OCH3 is 2. The van der Waals surface area contributed by atoms with Gasteiger partial charge in [0, 0.05) is 36.6 Å². The standard InChI is InChI=1S/C24H30B3N7O5S/c1-38-9-8-28-22(37)23-30-16(11-40-23)13-4-3-5-14(19(13)39-2)29-15-10-17(31-20(35)12-6-7-12)33-34-18(15)21(36)32-24(25,26)27/h3-5,10-12H,6-9,25-27H2,1-2H3,(H,28,37)(H,32,36)(H2,29,31,33,35). The van der Waals surface area contributed by atoms with Crippen LogP contribution in [-0.2, 0) is 9.53 Å². The van der Waals surface area contributed by atoms with Crippen LogP contribution >= 0.6 is 11.3 Å². The van der Waals surface area contributed by atoms with Crippen LogP contribution in [0.5, 0.6) is 5.75 Å². The first-order valence-electron chi connectivity index (χ1n) is 12.8. The molecule has 0 unspecified atom stereocenters. The molecule has 0 atom stereocenters. The van der Waals surface area contributed by atoms with E-state index in [0.717, 1.165) is 12.8 Å². The van der Waals surface area contributed by atoms with Gasteiger partial charge in [0.05, 0.1) is 30.8 Å². The number of carbonyl (C=O) groups is 3. The topological polar surface area (TPSA) is 156 Å². The molecule has 4 N–H and O–H groups in total. The summed E-state index contributed by atoms with van der Waals surface area (Å²) >= 11 is 1.21. The zero-order valence-corrected chi connectivity index (χ0v) is 23.9. The molecule has 1 fully saturated rings. The minimum atomic E-state index is -0.509. The van der Waals surface area contributed by atoms with E-state index in [4.69, 9.17) is 9.47 Å². The van der Waals surface area contributed by atoms with Gasteiger partial charge in [-0.3, -0.25) is 14.4 Å². The Bertz CT molecular complexity index is 1410. The maximum absolute atomic E-state index is 13.1. The van der Waals surface area contributed by atoms with Crippen LogP contribution in [-0.4, -0.2) is 89.0 Å². The number of para-hydroxylation sites is 1. The van der Waals surface area contributed by atoms with Crippen LogP contribution in [0.1, 0.15) is 33.1 Å². The number of nitrogens with zero attached hydrogens (tertiary/aromatic N) is 3. The van der Waals surface area contributed by atoms with Crippen molar-refractivity contribution < 1.29 is 23.9 Å². The molecule has 0 aliphatic heterocycles. The lowest BCUT2D eigenvalue weighted by atomic mass is 9.49. The second kappa shape index (κ2) is 12.5. The third-order valence-corrected chi connectivity index (χ3v) is 6.59. The highest BCUT2D eigenvalue weighted by Crippen LogP contribution is 2.39. The van der Waals surface area contributed by atoms with Gasteiger partial charge in [0.1, 0.15) is 23.5 Å². The second-order valence-electron chi connectivity index (χ2n) is 10.3. The largest absolute Gasteiger partial charge is 0.494 e. The Morgan fingerprint density at radius 1 is 1.10 bits per heavy atom. The maximum Gasteiger partial charge on any atom is 0.280 e. The van der Waals surface area contributed by atoms with Gasteiger partial charge in [0.15, 0.2) is 22.3 Å². The smallest absolute Gasteiger partial charge is 0.280 e. The molecule has 2 heterocycles. The normalized spacial score (nSPS) is 12.8. The Balaban J connectivity index is 1.66. The summed E-state index contributed by atoms with van der Waals surface area (Å²) in [6.45, 7) is 0.776. The first-order valence-corrected chi connectivity index (χ1v) is 13.7. The Morgan fingerprint density at radius 3 is 2.55 bits per heavy atom. The van der Waals surface area contributed by atoms with Crippen LogP contribution in [0.4, 0.5) is 17.2 Å². The fraction of sp³-hybridized carbons (Fsp3) is 0.333. The summed E-state index contributed by atoms with van der Waals surface area (Å²) < 4.78 is 10.7. The van der Waals surface area contributed by atoms with Crippen molar-refractivity contribution in [1.29, 1.82) is 0 Å². The highest BCUT2D eigenvalue weighted by molar-refractivity contribution is 7.12. The molecule has 4 rings (SSSR count). The Kier molecular flexibility index (Phi) is 9.10. The number of benzene rings is 1. The molecule has 1 saturated carbocycles. The summed E-state index contributed by atoms with van der Waals surface area (Å²) in [6.07, 6.45) is 1.68. The minimum Gasteiger partial charge on any atom is -0.494 e. The lowest BCUT2D eigenvalue weighted by Crippen LogP contribution is -2.50. The zero-order chi connectivity index (χ0) is 28.9. The van der Waals surface area contributed by atoms with Crippen molar-refractivity contribution in [2.45, 2.75) is 18.1 Å². The molecule has 2 aromatic heterocycles. The third-order valence-electron chi connectivity index (χ3n) is 5.75. The SMILES string of the molecule is BC(B)(B)NC(=O)c1nnc(NC(=O)C2CC2)cc1Nc1cccc(-c2csc(C(=O)NCCOC)n2)c1OC. The number of aromatic nitrogens is 3. The predicted octanol–water partition coefficient (Wildman–Crippen LogP) is -0.683. The number of nitrogens with one attached hydrogen (secondary N) is 4. The van der Waals surface area contributed by atoms with Crippen LogP contribution in [0.2, 0.25) is 0 Å². The third kappa shape index (κ3) is 7.39. The van der Waals surface area contributed by atoms with Crippen molar-refractivity contribution in [3.05, 3.63) is 40.3 Å². The van der Waals surface area contributed by atoms with E-state index in [2.05, 4.69) is 36.4 Å². The van der Waals surface area contributed by atoms with Gasteiger partial charge >= 0.3 is 0 Å². The highest BCUT2D eigenvalue weighted by atomic mass is 32.1. The van der Waals surface area contributed by atoms with Crippen molar-refractivity contribution in [2.75, 3.05) is 38.0 Å². The van der Waals surface area contributed by atoms with E-state index in [1.54, 1.807) is 30.7 Å². The molecular formula is C24H30B3N7O5S. The van der Waals surface area contributed by atoms with Crippen LogP contribution in [0.15, 0.2) is 29.6 Å². The molecule has 3 amide bonds. The molecule has 0 saturated heterocycles. The number of thiazole rings is 1. The van der Waals surface area contributed by atoms with Gasteiger partial charge in [-0.2, -0.15) is 0 Å². The average molecular weight is 561 g/mol. The lowest BCUT2D eigenvalue weighted by Gasteiger charge is -2.22. The maximum atomic E-state index is 13.1. The van der Waals surface area contributed by atoms with Crippen molar-refractivity contribution in [3.63, 3.8) is 0 Å². The van der Waals surface area contributed by atoms with Crippen LogP contribution < -0.4 is 26.0 Å². The monoisotopic (exact) mass is 561 g/mol. The van der Waals surface area contributed by atoms with Crippen molar-refractivity contribution in [3.8, 4) is 17.0 Å². The molecule has 206 valence electrons. The van der Waals surface area contributed by atoms with Crippen LogP contribution in [0.25, 0.3) is 11.3 Å². The summed E-state index contributed by atoms with van der Waals surface area (Å²) in [5.41, 5.74) is 2.10. The van der Waals surface area contributed by atoms with Gasteiger partial charge < -0.3 is 30.7 Å². The minimum absolute atomic E-state index is 0.0242. The molecule has 0 radical (unpaired) electrons. The van der Waals surface area contributed by atoms with Crippen molar-refractivity contribution >= 4 is 69.8 Å². The number of anilines is 3. The summed E-state index contributed by atoms with van der Waals surface area (Å²) in [5.74, 6) is -0.200. The first kappa shape index (κ1) is 29.1. The fourth-order valence-corrected chi connectivity index (χ4v) is 4.47. The highest BCUT2D eigenvalue weighted by Gasteiger charge is 2.30. The molecule has 1 aliphatic carbocycles. The molecule has 3 aromatic rings. The Hall–Kier alpha value is -3.91. The van der Waals surface area contributed by atoms with E-state index in [-0.39, 0.29) is 29.2 Å². The van der Waals surface area contributed by atoms with Gasteiger partial charge in [-0.05, 0) is 30.2 Å². The van der Waals surface area contributed by atoms with E-state index < -0.39 is 11.1 Å². The van der Waals surface area contributed by atoms with Gasteiger partial charge in [0.2, 0.25) is 5.91 Å². The Labute approximate surface area is 238 Å². The Morgan fingerprint density at radius 2 is 1.88 bits per heavy atom. The fourth-order valence-electron chi connectivity index (χ4n) is 3.74. The summed E-state index contributed by atoms with van der Waals surface area (Å²) in [4.78, 5) is 42.4. The second-order valence-corrected chi connectivity index (χ2v) is 11.1. The molecular weight excluding hydrogens is 531 g/mol. The summed E-state index contributed by atoms with van der Waals surface area (Å²) in [5, 5.41) is 21.4. The van der Waals surface area contributed by atoms with Crippen molar-refractivity contribution in [1.82, 2.24) is 25.8 Å². The number of amides is 3. The van der Waals surface area contributed by atoms with E-state index >= 15 is 0 Å². The van der Waals surface area contributed by atoms with Gasteiger partial charge in [0.25, 0.3) is 11.8 Å². The molecule has 40 heavy (non-hydrogen) atoms. The predicted molar refractivity (Wildman–Crippen MR) is 161 cm³/mol. The van der Waals surface area contributed by atoms with E-state index in [1.807, 2.05) is 29.6 Å². The van der Waals surface area contributed by atoms with Crippen LogP contribution in [0.3, 0.4) is 0 Å². The molecule has 1 aromatic carbocycles. The van der Waals surface area contributed by atoms with Gasteiger partial charge in [-0.1, -0.05) is 6.07 Å². The summed E-state index contributed by atoms with van der Waals surface area (Å²) in [7, 11) is 8.67. The quantitative estimate of drug-likeness (QED) is 0.166. The van der Waals surface area contributed by atoms with Gasteiger partial charge in [-0.15, -0.1) is 21.5 Å². The number of ether oxygens (including phenoxy) is 2. The van der Waals surface area contributed by atoms with Gasteiger partial charge in [-0.25, -0.2) is 4.98 Å². The molecule has 0 bridgehead atoms. The number of hydrogen-bond donors (Lipinski definition) is 4. The molecule has 16 heteroatoms. The molecule has 12 nitrogen and oxygen atoms in total. The number of hydrogen-bond acceptors (Lipinski definition) is 10. The number of carbonyl (C=O) groups excluding carboxylic acids is 3. The molecule has 0 spiro atoms. The average Bonchev–Trinajstić information content (AvgIpc) is 3.64. The lowest BCUT2D eigenvalue weighted by molar-refractivity contribution is -0.117. The molecule has 1 aliphatic rings. The van der Waals surface area contributed by atoms with E-state index in [9.17, 15) is 14.4 Å². The summed E-state index contributed by atoms with van der Waals surface area (Å²) in [6, 6.07) is 6.98. The van der Waals surface area contributed by atoms with E-state index in [0.29, 0.717) is 46.5 Å². The zero-order valence-electron chi connectivity index (χ0n) is 23.1. The van der Waals surface area contributed by atoms with Crippen LogP contribution in [0, 0.1) is 5.92 Å². The van der Waals surface area contributed by atoms with E-state index in [1.165, 1.54) is 18.4 Å². The first-order chi connectivity index (χ1) is 19.1. The van der Waals surface area contributed by atoms with Crippen molar-refractivity contribution in [2.24, 2.45) is 5.92 Å².